The maximum absolute atomic E-state index is 12.7. The molecule has 0 bridgehead atoms. The number of nitrogens with one attached hydrogen (secondary N) is 1. The van der Waals surface area contributed by atoms with Crippen LogP contribution in [0.1, 0.15) is 10.7 Å². The number of β-lactam (4-membered cyclic amide) rings is 1. The Morgan fingerprint density at radius 3 is 2.77 bits per heavy atom. The van der Waals surface area contributed by atoms with E-state index in [2.05, 4.69) is 20.6 Å². The van der Waals surface area contributed by atoms with Crippen molar-refractivity contribution in [2.45, 2.75) is 36.1 Å². The molecule has 2 N–H and O–H groups in total. The topological polar surface area (TPSA) is 130 Å². The van der Waals surface area contributed by atoms with E-state index >= 15 is 0 Å². The van der Waals surface area contributed by atoms with E-state index in [1.165, 1.54) is 50.6 Å². The molecule has 1 fully saturated rings. The van der Waals surface area contributed by atoms with Gasteiger partial charge in [-0.05, 0) is 19.4 Å². The SMILES string of the molecule is Cc1nnc(SCC2=C(C(=O)O)N3C(=O)[C@@H](NC(=O)Cn4ncc(Cl)c4C)[C@H]3SC2)s1. The van der Waals surface area contributed by atoms with Crippen LogP contribution in [-0.4, -0.2) is 70.7 Å². The van der Waals surface area contributed by atoms with Gasteiger partial charge in [0.2, 0.25) is 5.91 Å². The van der Waals surface area contributed by atoms with Gasteiger partial charge >= 0.3 is 5.97 Å². The number of rotatable bonds is 7. The fourth-order valence-electron chi connectivity index (χ4n) is 3.22. The Labute approximate surface area is 194 Å². The van der Waals surface area contributed by atoms with Crippen LogP contribution in [0.5, 0.6) is 0 Å². The van der Waals surface area contributed by atoms with Gasteiger partial charge in [0.05, 0.1) is 16.9 Å². The van der Waals surface area contributed by atoms with E-state index in [9.17, 15) is 19.5 Å². The molecule has 0 unspecified atom stereocenters. The standard InChI is InChI=1S/C17H17ClN6O4S3/c1-7-10(18)3-19-23(7)4-11(25)20-12-14(26)24-13(16(27)28)9(5-29-15(12)24)6-30-17-22-21-8(2)31-17/h3,12,15H,4-6H2,1-2H3,(H,20,25)(H,27,28)/t12-,15-/m1/s1. The highest BCUT2D eigenvalue weighted by atomic mass is 35.5. The van der Waals surface area contributed by atoms with Crippen molar-refractivity contribution < 1.29 is 19.5 Å². The van der Waals surface area contributed by atoms with E-state index in [0.717, 1.165) is 9.35 Å². The Hall–Kier alpha value is -2.09. The summed E-state index contributed by atoms with van der Waals surface area (Å²) in [5.74, 6) is -1.14. The van der Waals surface area contributed by atoms with Crippen molar-refractivity contribution in [1.29, 1.82) is 0 Å². The van der Waals surface area contributed by atoms with Crippen molar-refractivity contribution in [3.8, 4) is 0 Å². The number of thioether (sulfide) groups is 2. The third kappa shape index (κ3) is 4.31. The Morgan fingerprint density at radius 1 is 1.39 bits per heavy atom. The number of aromatic nitrogens is 4. The van der Waals surface area contributed by atoms with Gasteiger partial charge in [0.15, 0.2) is 4.34 Å². The number of carboxylic acid groups (broad SMARTS) is 1. The number of halogens is 1. The maximum atomic E-state index is 12.7. The van der Waals surface area contributed by atoms with E-state index in [4.69, 9.17) is 11.6 Å². The molecule has 2 amide bonds. The number of amides is 2. The molecule has 0 aliphatic carbocycles. The highest BCUT2D eigenvalue weighted by molar-refractivity contribution is 8.01. The first-order chi connectivity index (χ1) is 14.8. The van der Waals surface area contributed by atoms with Gasteiger partial charge in [-0.15, -0.1) is 22.0 Å². The molecule has 1 saturated heterocycles. The molecule has 2 aliphatic heterocycles. The molecule has 2 aromatic rings. The Morgan fingerprint density at radius 2 is 2.16 bits per heavy atom. The largest absolute Gasteiger partial charge is 0.477 e. The molecule has 31 heavy (non-hydrogen) atoms. The minimum atomic E-state index is -1.16. The first kappa shape index (κ1) is 22.1. The van der Waals surface area contributed by atoms with Gasteiger partial charge in [0.1, 0.15) is 28.7 Å². The molecule has 0 aromatic carbocycles. The second-order valence-corrected chi connectivity index (χ2v) is 10.7. The predicted molar refractivity (Wildman–Crippen MR) is 117 cm³/mol. The first-order valence-corrected chi connectivity index (χ1v) is 12.3. The van der Waals surface area contributed by atoms with Crippen molar-refractivity contribution in [2.75, 3.05) is 11.5 Å². The zero-order chi connectivity index (χ0) is 22.3. The number of carbonyl (C=O) groups excluding carboxylic acids is 2. The number of hydrogen-bond donors (Lipinski definition) is 2. The molecule has 4 rings (SSSR count). The average Bonchev–Trinajstić information content (AvgIpc) is 3.29. The minimum absolute atomic E-state index is 0.0114. The molecule has 164 valence electrons. The van der Waals surface area contributed by atoms with Gasteiger partial charge in [0.25, 0.3) is 5.91 Å². The fraction of sp³-hybridized carbons (Fsp3) is 0.412. The molecule has 2 atom stereocenters. The summed E-state index contributed by atoms with van der Waals surface area (Å²) in [5.41, 5.74) is 1.28. The van der Waals surface area contributed by atoms with E-state index < -0.39 is 29.2 Å². The van der Waals surface area contributed by atoms with Crippen LogP contribution in [0.3, 0.4) is 0 Å². The number of carbonyl (C=O) groups is 3. The molecule has 2 aromatic heterocycles. The predicted octanol–water partition coefficient (Wildman–Crippen LogP) is 1.54. The van der Waals surface area contributed by atoms with Crippen molar-refractivity contribution in [3.63, 3.8) is 0 Å². The van der Waals surface area contributed by atoms with Crippen LogP contribution < -0.4 is 5.32 Å². The second-order valence-electron chi connectivity index (χ2n) is 6.82. The molecule has 2 aliphatic rings. The van der Waals surface area contributed by atoms with Crippen LogP contribution in [-0.2, 0) is 20.9 Å². The van der Waals surface area contributed by atoms with Gasteiger partial charge < -0.3 is 10.4 Å². The van der Waals surface area contributed by atoms with Gasteiger partial charge in [-0.2, -0.15) is 5.10 Å². The van der Waals surface area contributed by atoms with Crippen LogP contribution in [0.4, 0.5) is 0 Å². The lowest BCUT2D eigenvalue weighted by atomic mass is 10.0. The number of nitrogens with zero attached hydrogens (tertiary/aromatic N) is 5. The molecular weight excluding hydrogens is 484 g/mol. The summed E-state index contributed by atoms with van der Waals surface area (Å²) in [4.78, 5) is 38.3. The van der Waals surface area contributed by atoms with Gasteiger partial charge in [-0.1, -0.05) is 34.7 Å². The molecule has 0 spiro atoms. The van der Waals surface area contributed by atoms with Crippen molar-refractivity contribution in [1.82, 2.24) is 30.2 Å². The summed E-state index contributed by atoms with van der Waals surface area (Å²) in [7, 11) is 0. The smallest absolute Gasteiger partial charge is 0.352 e. The Balaban J connectivity index is 1.43. The summed E-state index contributed by atoms with van der Waals surface area (Å²) >= 11 is 10.2. The number of hydrogen-bond acceptors (Lipinski definition) is 9. The average molecular weight is 501 g/mol. The van der Waals surface area contributed by atoms with Crippen LogP contribution in [0.15, 0.2) is 21.8 Å². The van der Waals surface area contributed by atoms with Crippen molar-refractivity contribution in [3.05, 3.63) is 33.2 Å². The molecule has 0 radical (unpaired) electrons. The number of aryl methyl sites for hydroxylation is 1. The number of carboxylic acids is 1. The summed E-state index contributed by atoms with van der Waals surface area (Å²) < 4.78 is 2.19. The van der Waals surface area contributed by atoms with E-state index in [1.54, 1.807) is 6.92 Å². The monoisotopic (exact) mass is 500 g/mol. The number of fused-ring (bicyclic) bond motifs is 1. The summed E-state index contributed by atoms with van der Waals surface area (Å²) in [6.45, 7) is 3.51. The van der Waals surface area contributed by atoms with Crippen LogP contribution in [0, 0.1) is 13.8 Å². The molecule has 10 nitrogen and oxygen atoms in total. The lowest BCUT2D eigenvalue weighted by Crippen LogP contribution is -2.70. The van der Waals surface area contributed by atoms with Crippen LogP contribution >= 0.6 is 46.5 Å². The second kappa shape index (κ2) is 8.81. The van der Waals surface area contributed by atoms with E-state index in [0.29, 0.717) is 27.8 Å². The quantitative estimate of drug-likeness (QED) is 0.429. The molecule has 14 heteroatoms. The maximum Gasteiger partial charge on any atom is 0.352 e. The fourth-order valence-corrected chi connectivity index (χ4v) is 6.66. The van der Waals surface area contributed by atoms with Crippen molar-refractivity contribution >= 4 is 64.2 Å². The Kier molecular flexibility index (Phi) is 6.28. The van der Waals surface area contributed by atoms with Crippen LogP contribution in [0.25, 0.3) is 0 Å². The van der Waals surface area contributed by atoms with Gasteiger partial charge in [0, 0.05) is 11.5 Å². The first-order valence-electron chi connectivity index (χ1n) is 9.06. The molecule has 4 heterocycles. The number of aliphatic carboxylic acids is 1. The van der Waals surface area contributed by atoms with E-state index in [1.807, 2.05) is 6.92 Å². The third-order valence-electron chi connectivity index (χ3n) is 4.78. The molecule has 0 saturated carbocycles. The summed E-state index contributed by atoms with van der Waals surface area (Å²) in [5, 5.41) is 25.3. The zero-order valence-corrected chi connectivity index (χ0v) is 19.6. The zero-order valence-electron chi connectivity index (χ0n) is 16.4. The normalized spacial score (nSPS) is 20.5. The summed E-state index contributed by atoms with van der Waals surface area (Å²) in [6.07, 6.45) is 1.45. The van der Waals surface area contributed by atoms with Crippen molar-refractivity contribution in [2.24, 2.45) is 0 Å². The lowest BCUT2D eigenvalue weighted by molar-refractivity contribution is -0.150. The minimum Gasteiger partial charge on any atom is -0.477 e. The van der Waals surface area contributed by atoms with Crippen LogP contribution in [0.2, 0.25) is 5.02 Å². The van der Waals surface area contributed by atoms with Gasteiger partial charge in [-0.25, -0.2) is 4.79 Å². The lowest BCUT2D eigenvalue weighted by Gasteiger charge is -2.49. The highest BCUT2D eigenvalue weighted by Gasteiger charge is 2.54. The highest BCUT2D eigenvalue weighted by Crippen LogP contribution is 2.41. The summed E-state index contributed by atoms with van der Waals surface area (Å²) in [6, 6.07) is -0.779. The van der Waals surface area contributed by atoms with E-state index in [-0.39, 0.29) is 12.2 Å². The molecular formula is C17H17ClN6O4S3. The third-order valence-corrected chi connectivity index (χ3v) is 8.55. The Bertz CT molecular complexity index is 1100. The van der Waals surface area contributed by atoms with Gasteiger partial charge in [-0.3, -0.25) is 19.2 Å².